The number of amides is 2. The molecule has 2 amide bonds. The van der Waals surface area contributed by atoms with Gasteiger partial charge in [-0.25, -0.2) is 4.98 Å². The second-order valence-electron chi connectivity index (χ2n) is 5.76. The number of benzene rings is 2. The van der Waals surface area contributed by atoms with Crippen LogP contribution >= 0.6 is 22.9 Å². The van der Waals surface area contributed by atoms with Gasteiger partial charge in [-0.1, -0.05) is 23.7 Å². The average molecular weight is 401 g/mol. The van der Waals surface area contributed by atoms with Gasteiger partial charge in [0, 0.05) is 29.0 Å². The van der Waals surface area contributed by atoms with E-state index < -0.39 is 0 Å². The zero-order chi connectivity index (χ0) is 19.4. The maximum Gasteiger partial charge on any atom is 0.277 e. The van der Waals surface area contributed by atoms with Crippen LogP contribution < -0.4 is 16.0 Å². The molecule has 0 bridgehead atoms. The summed E-state index contributed by atoms with van der Waals surface area (Å²) in [5, 5.41) is 10.6. The first-order valence-electron chi connectivity index (χ1n) is 8.10. The van der Waals surface area contributed by atoms with Crippen LogP contribution in [0.3, 0.4) is 0 Å². The lowest BCUT2D eigenvalue weighted by Crippen LogP contribution is -2.14. The molecule has 0 fully saturated rings. The number of anilines is 4. The van der Waals surface area contributed by atoms with Crippen molar-refractivity contribution in [2.24, 2.45) is 0 Å². The summed E-state index contributed by atoms with van der Waals surface area (Å²) in [5.41, 5.74) is 2.29. The second-order valence-corrected chi connectivity index (χ2v) is 7.40. The normalized spacial score (nSPS) is 10.3. The van der Waals surface area contributed by atoms with Crippen molar-refractivity contribution >= 4 is 56.8 Å². The van der Waals surface area contributed by atoms with Gasteiger partial charge in [0.2, 0.25) is 5.91 Å². The highest BCUT2D eigenvalue weighted by molar-refractivity contribution is 7.16. The van der Waals surface area contributed by atoms with Gasteiger partial charge in [0.25, 0.3) is 5.91 Å². The number of hydrogen-bond acceptors (Lipinski definition) is 5. The summed E-state index contributed by atoms with van der Waals surface area (Å²) in [4.78, 5) is 28.2. The van der Waals surface area contributed by atoms with Gasteiger partial charge in [0.15, 0.2) is 5.69 Å². The lowest BCUT2D eigenvalue weighted by molar-refractivity contribution is -0.114. The highest BCUT2D eigenvalue weighted by Gasteiger charge is 2.18. The van der Waals surface area contributed by atoms with Gasteiger partial charge in [-0.05, 0) is 43.3 Å². The molecule has 1 aromatic heterocycles. The predicted octanol–water partition coefficient (Wildman–Crippen LogP) is 5.06. The number of carbonyl (C=O) groups is 2. The first kappa shape index (κ1) is 18.9. The molecular weight excluding hydrogens is 384 g/mol. The van der Waals surface area contributed by atoms with Crippen LogP contribution in [0.4, 0.5) is 22.1 Å². The lowest BCUT2D eigenvalue weighted by Gasteiger charge is -2.09. The molecule has 138 valence electrons. The number of rotatable bonds is 5. The number of thiazole rings is 1. The average Bonchev–Trinajstić information content (AvgIpc) is 2.95. The Morgan fingerprint density at radius 1 is 1.00 bits per heavy atom. The fraction of sp³-hybridized carbons (Fsp3) is 0.105. The summed E-state index contributed by atoms with van der Waals surface area (Å²) >= 11 is 7.34. The molecule has 8 heteroatoms. The number of aromatic nitrogens is 1. The van der Waals surface area contributed by atoms with Crippen LogP contribution in [0.15, 0.2) is 48.5 Å². The van der Waals surface area contributed by atoms with Gasteiger partial charge in [0.1, 0.15) is 5.00 Å². The molecular formula is C19H17ClN4O2S. The summed E-state index contributed by atoms with van der Waals surface area (Å²) in [6.07, 6.45) is 0. The Labute approximate surface area is 165 Å². The SMILES string of the molecule is CC(=O)Nc1cccc(Nc2sc(C)nc2C(=O)Nc2cccc(Cl)c2)c1. The molecule has 0 aliphatic carbocycles. The largest absolute Gasteiger partial charge is 0.345 e. The quantitative estimate of drug-likeness (QED) is 0.559. The van der Waals surface area contributed by atoms with Gasteiger partial charge in [-0.2, -0.15) is 0 Å². The van der Waals surface area contributed by atoms with E-state index in [4.69, 9.17) is 11.6 Å². The molecule has 0 aliphatic heterocycles. The van der Waals surface area contributed by atoms with E-state index in [1.807, 2.05) is 19.1 Å². The minimum atomic E-state index is -0.331. The highest BCUT2D eigenvalue weighted by atomic mass is 35.5. The third-order valence-electron chi connectivity index (χ3n) is 3.47. The van der Waals surface area contributed by atoms with Crippen molar-refractivity contribution in [1.29, 1.82) is 0 Å². The first-order chi connectivity index (χ1) is 12.9. The summed E-state index contributed by atoms with van der Waals surface area (Å²) in [7, 11) is 0. The summed E-state index contributed by atoms with van der Waals surface area (Å²) < 4.78 is 0. The van der Waals surface area contributed by atoms with Crippen LogP contribution in [0, 0.1) is 6.92 Å². The van der Waals surface area contributed by atoms with E-state index in [0.29, 0.717) is 27.1 Å². The van der Waals surface area contributed by atoms with Crippen molar-refractivity contribution in [3.8, 4) is 0 Å². The minimum Gasteiger partial charge on any atom is -0.345 e. The Morgan fingerprint density at radius 2 is 1.67 bits per heavy atom. The predicted molar refractivity (Wildman–Crippen MR) is 110 cm³/mol. The Hall–Kier alpha value is -2.90. The number of carbonyl (C=O) groups excluding carboxylic acids is 2. The smallest absolute Gasteiger partial charge is 0.277 e. The number of halogens is 1. The van der Waals surface area contributed by atoms with Crippen LogP contribution in [0.5, 0.6) is 0 Å². The zero-order valence-electron chi connectivity index (χ0n) is 14.7. The molecule has 3 N–H and O–H groups in total. The van der Waals surface area contributed by atoms with Crippen molar-refractivity contribution in [3.63, 3.8) is 0 Å². The topological polar surface area (TPSA) is 83.1 Å². The third kappa shape index (κ3) is 5.06. The van der Waals surface area contributed by atoms with E-state index in [-0.39, 0.29) is 11.8 Å². The van der Waals surface area contributed by atoms with Gasteiger partial charge < -0.3 is 16.0 Å². The Kier molecular flexibility index (Phi) is 5.73. The Balaban J connectivity index is 1.81. The monoisotopic (exact) mass is 400 g/mol. The van der Waals surface area contributed by atoms with E-state index in [1.165, 1.54) is 18.3 Å². The van der Waals surface area contributed by atoms with E-state index in [1.54, 1.807) is 36.4 Å². The molecule has 3 rings (SSSR count). The molecule has 0 atom stereocenters. The van der Waals surface area contributed by atoms with Crippen LogP contribution in [0.1, 0.15) is 22.4 Å². The van der Waals surface area contributed by atoms with Crippen molar-refractivity contribution in [3.05, 3.63) is 64.3 Å². The van der Waals surface area contributed by atoms with Crippen molar-refractivity contribution in [1.82, 2.24) is 4.98 Å². The molecule has 1 heterocycles. The number of hydrogen-bond donors (Lipinski definition) is 3. The molecule has 27 heavy (non-hydrogen) atoms. The van der Waals surface area contributed by atoms with Gasteiger partial charge >= 0.3 is 0 Å². The fourth-order valence-corrected chi connectivity index (χ4v) is 3.46. The standard InChI is InChI=1S/C19H17ClN4O2S/c1-11(25)21-15-7-4-8-16(10-15)24-19-17(22-12(2)27-19)18(26)23-14-6-3-5-13(20)9-14/h3-10,24H,1-2H3,(H,21,25)(H,23,26). The summed E-state index contributed by atoms with van der Waals surface area (Å²) in [5.74, 6) is -0.482. The van der Waals surface area contributed by atoms with Gasteiger partial charge in [-0.3, -0.25) is 9.59 Å². The zero-order valence-corrected chi connectivity index (χ0v) is 16.2. The molecule has 6 nitrogen and oxygen atoms in total. The van der Waals surface area contributed by atoms with Crippen molar-refractivity contribution in [2.75, 3.05) is 16.0 Å². The number of nitrogens with one attached hydrogen (secondary N) is 3. The Bertz CT molecular complexity index is 1000. The molecule has 0 saturated carbocycles. The summed E-state index contributed by atoms with van der Waals surface area (Å²) in [6, 6.07) is 14.2. The van der Waals surface area contributed by atoms with E-state index in [0.717, 1.165) is 10.7 Å². The molecule has 0 radical (unpaired) electrons. The van der Waals surface area contributed by atoms with Crippen LogP contribution in [-0.4, -0.2) is 16.8 Å². The van der Waals surface area contributed by atoms with E-state index in [2.05, 4.69) is 20.9 Å². The maximum absolute atomic E-state index is 12.7. The van der Waals surface area contributed by atoms with Crippen LogP contribution in [0.2, 0.25) is 5.02 Å². The highest BCUT2D eigenvalue weighted by Crippen LogP contribution is 2.29. The fourth-order valence-electron chi connectivity index (χ4n) is 2.43. The van der Waals surface area contributed by atoms with Crippen LogP contribution in [-0.2, 0) is 4.79 Å². The molecule has 0 saturated heterocycles. The van der Waals surface area contributed by atoms with Gasteiger partial charge in [0.05, 0.1) is 5.01 Å². The molecule has 0 unspecified atom stereocenters. The van der Waals surface area contributed by atoms with Crippen molar-refractivity contribution < 1.29 is 9.59 Å². The molecule has 0 spiro atoms. The van der Waals surface area contributed by atoms with Crippen molar-refractivity contribution in [2.45, 2.75) is 13.8 Å². The number of aryl methyl sites for hydroxylation is 1. The molecule has 3 aromatic rings. The Morgan fingerprint density at radius 3 is 2.37 bits per heavy atom. The lowest BCUT2D eigenvalue weighted by atomic mass is 10.2. The maximum atomic E-state index is 12.7. The second kappa shape index (κ2) is 8.20. The molecule has 2 aromatic carbocycles. The minimum absolute atomic E-state index is 0.151. The third-order valence-corrected chi connectivity index (χ3v) is 4.59. The molecule has 0 aliphatic rings. The summed E-state index contributed by atoms with van der Waals surface area (Å²) in [6.45, 7) is 3.28. The van der Waals surface area contributed by atoms with Gasteiger partial charge in [-0.15, -0.1) is 11.3 Å². The van der Waals surface area contributed by atoms with E-state index in [9.17, 15) is 9.59 Å². The van der Waals surface area contributed by atoms with E-state index >= 15 is 0 Å². The van der Waals surface area contributed by atoms with Crippen LogP contribution in [0.25, 0.3) is 0 Å². The number of nitrogens with zero attached hydrogens (tertiary/aromatic N) is 1. The first-order valence-corrected chi connectivity index (χ1v) is 9.29.